The average Bonchev–Trinajstić information content (AvgIpc) is 2.89. The number of hydrogen-bond acceptors (Lipinski definition) is 3. The Morgan fingerprint density at radius 3 is 2.38 bits per heavy atom. The van der Waals surface area contributed by atoms with Gasteiger partial charge in [-0.05, 0) is 36.1 Å². The van der Waals surface area contributed by atoms with Crippen molar-refractivity contribution in [3.8, 4) is 6.07 Å². The van der Waals surface area contributed by atoms with Gasteiger partial charge in [0.15, 0.2) is 0 Å². The van der Waals surface area contributed by atoms with Crippen LogP contribution in [0.25, 0.3) is 0 Å². The summed E-state index contributed by atoms with van der Waals surface area (Å²) in [4.78, 5) is 25.8. The number of benzene rings is 2. The third kappa shape index (κ3) is 3.44. The molecule has 3 amide bonds. The van der Waals surface area contributed by atoms with E-state index in [1.165, 1.54) is 4.90 Å². The van der Waals surface area contributed by atoms with Gasteiger partial charge in [-0.15, -0.1) is 0 Å². The summed E-state index contributed by atoms with van der Waals surface area (Å²) in [5, 5.41) is 11.6. The predicted octanol–water partition coefficient (Wildman–Crippen LogP) is 2.61. The number of carbonyl (C=O) groups is 2. The summed E-state index contributed by atoms with van der Waals surface area (Å²) in [6, 6.07) is 18.0. The van der Waals surface area contributed by atoms with Gasteiger partial charge in [0.2, 0.25) is 0 Å². The number of nitrogens with one attached hydrogen (secondary N) is 1. The number of amides is 3. The van der Waals surface area contributed by atoms with Crippen LogP contribution >= 0.6 is 0 Å². The Morgan fingerprint density at radius 1 is 1.00 bits per heavy atom. The molecule has 1 saturated heterocycles. The van der Waals surface area contributed by atoms with E-state index in [1.54, 1.807) is 24.3 Å². The fourth-order valence-electron chi connectivity index (χ4n) is 2.75. The number of aryl methyl sites for hydroxylation is 1. The summed E-state index contributed by atoms with van der Waals surface area (Å²) < 4.78 is 0. The molecule has 5 heteroatoms. The van der Waals surface area contributed by atoms with E-state index in [9.17, 15) is 9.59 Å². The number of hydrogen-bond donors (Lipinski definition) is 1. The van der Waals surface area contributed by atoms with Crippen LogP contribution in [0, 0.1) is 11.3 Å². The first-order chi connectivity index (χ1) is 11.7. The van der Waals surface area contributed by atoms with Crippen molar-refractivity contribution in [2.45, 2.75) is 25.4 Å². The maximum Gasteiger partial charge on any atom is 0.325 e. The van der Waals surface area contributed by atoms with Crippen LogP contribution in [-0.4, -0.2) is 22.9 Å². The largest absolute Gasteiger partial charge is 0.326 e. The predicted molar refractivity (Wildman–Crippen MR) is 88.8 cm³/mol. The molecule has 0 aromatic heterocycles. The molecule has 5 nitrogen and oxygen atoms in total. The minimum Gasteiger partial charge on any atom is -0.326 e. The zero-order valence-corrected chi connectivity index (χ0v) is 13.1. The van der Waals surface area contributed by atoms with Gasteiger partial charge in [-0.3, -0.25) is 9.69 Å². The first kappa shape index (κ1) is 15.8. The molecule has 0 unspecified atom stereocenters. The number of nitriles is 1. The SMILES string of the molecule is N#Cc1ccc(CN2C(=O)N[C@@H](CCc3ccccc3)C2=O)cc1. The van der Waals surface area contributed by atoms with E-state index in [2.05, 4.69) is 5.32 Å². The molecule has 1 heterocycles. The van der Waals surface area contributed by atoms with Crippen molar-refractivity contribution in [3.05, 3.63) is 71.3 Å². The van der Waals surface area contributed by atoms with Crippen LogP contribution in [0.5, 0.6) is 0 Å². The molecule has 2 aromatic carbocycles. The lowest BCUT2D eigenvalue weighted by atomic mass is 10.1. The standard InChI is InChI=1S/C19H17N3O2/c20-12-15-6-8-16(9-7-15)13-22-18(23)17(21-19(22)24)11-10-14-4-2-1-3-5-14/h1-9,17H,10-11,13H2,(H,21,24)/t17-/m0/s1. The summed E-state index contributed by atoms with van der Waals surface area (Å²) in [7, 11) is 0. The molecule has 24 heavy (non-hydrogen) atoms. The minimum atomic E-state index is -0.476. The molecule has 0 spiro atoms. The molecule has 1 fully saturated rings. The van der Waals surface area contributed by atoms with E-state index in [0.717, 1.165) is 17.5 Å². The number of carbonyl (C=O) groups excluding carboxylic acids is 2. The van der Waals surface area contributed by atoms with E-state index in [1.807, 2.05) is 36.4 Å². The van der Waals surface area contributed by atoms with Crippen LogP contribution in [-0.2, 0) is 17.8 Å². The van der Waals surface area contributed by atoms with Crippen LogP contribution < -0.4 is 5.32 Å². The van der Waals surface area contributed by atoms with E-state index in [-0.39, 0.29) is 18.5 Å². The topological polar surface area (TPSA) is 73.2 Å². The Labute approximate surface area is 140 Å². The van der Waals surface area contributed by atoms with Crippen molar-refractivity contribution in [2.24, 2.45) is 0 Å². The number of imide groups is 1. The maximum atomic E-state index is 12.5. The molecule has 0 radical (unpaired) electrons. The zero-order chi connectivity index (χ0) is 16.9. The first-order valence-corrected chi connectivity index (χ1v) is 7.82. The van der Waals surface area contributed by atoms with Crippen LogP contribution in [0.2, 0.25) is 0 Å². The van der Waals surface area contributed by atoms with Crippen LogP contribution in [0.4, 0.5) is 4.79 Å². The number of nitrogens with zero attached hydrogens (tertiary/aromatic N) is 2. The molecule has 0 bridgehead atoms. The summed E-state index contributed by atoms with van der Waals surface area (Å²) in [5.41, 5.74) is 2.52. The molecule has 1 aliphatic heterocycles. The van der Waals surface area contributed by atoms with E-state index >= 15 is 0 Å². The second-order valence-electron chi connectivity index (χ2n) is 5.76. The van der Waals surface area contributed by atoms with Crippen molar-refractivity contribution in [2.75, 3.05) is 0 Å². The Morgan fingerprint density at radius 2 is 1.71 bits per heavy atom. The Hall–Kier alpha value is -3.13. The molecule has 120 valence electrons. The first-order valence-electron chi connectivity index (χ1n) is 7.82. The summed E-state index contributed by atoms with van der Waals surface area (Å²) >= 11 is 0. The third-order valence-electron chi connectivity index (χ3n) is 4.10. The van der Waals surface area contributed by atoms with E-state index in [4.69, 9.17) is 5.26 Å². The van der Waals surface area contributed by atoms with E-state index < -0.39 is 6.04 Å². The molecule has 1 N–H and O–H groups in total. The molecule has 2 aromatic rings. The van der Waals surface area contributed by atoms with Crippen molar-refractivity contribution in [1.82, 2.24) is 10.2 Å². The smallest absolute Gasteiger partial charge is 0.325 e. The lowest BCUT2D eigenvalue weighted by Crippen LogP contribution is -2.31. The molecule has 3 rings (SSSR count). The van der Waals surface area contributed by atoms with Crippen molar-refractivity contribution < 1.29 is 9.59 Å². The van der Waals surface area contributed by atoms with Gasteiger partial charge >= 0.3 is 6.03 Å². The highest BCUT2D eigenvalue weighted by molar-refractivity contribution is 6.04. The van der Waals surface area contributed by atoms with Gasteiger partial charge < -0.3 is 5.32 Å². The minimum absolute atomic E-state index is 0.194. The van der Waals surface area contributed by atoms with Gasteiger partial charge in [0.1, 0.15) is 6.04 Å². The number of rotatable bonds is 5. The number of urea groups is 1. The molecule has 0 saturated carbocycles. The lowest BCUT2D eigenvalue weighted by Gasteiger charge is -2.13. The Balaban J connectivity index is 1.62. The van der Waals surface area contributed by atoms with Crippen molar-refractivity contribution >= 4 is 11.9 Å². The fourth-order valence-corrected chi connectivity index (χ4v) is 2.75. The van der Waals surface area contributed by atoms with Crippen molar-refractivity contribution in [1.29, 1.82) is 5.26 Å². The van der Waals surface area contributed by atoms with Gasteiger partial charge in [-0.1, -0.05) is 42.5 Å². The Kier molecular flexibility index (Phi) is 4.57. The fraction of sp³-hybridized carbons (Fsp3) is 0.211. The zero-order valence-electron chi connectivity index (χ0n) is 13.1. The van der Waals surface area contributed by atoms with Crippen molar-refractivity contribution in [3.63, 3.8) is 0 Å². The van der Waals surface area contributed by atoms with Gasteiger partial charge in [0.25, 0.3) is 5.91 Å². The highest BCUT2D eigenvalue weighted by Gasteiger charge is 2.37. The summed E-state index contributed by atoms with van der Waals surface area (Å²) in [5.74, 6) is -0.194. The average molecular weight is 319 g/mol. The van der Waals surface area contributed by atoms with Gasteiger partial charge in [0.05, 0.1) is 18.2 Å². The normalized spacial score (nSPS) is 16.8. The van der Waals surface area contributed by atoms with Gasteiger partial charge in [-0.2, -0.15) is 5.26 Å². The third-order valence-corrected chi connectivity index (χ3v) is 4.10. The lowest BCUT2D eigenvalue weighted by molar-refractivity contribution is -0.128. The molecular formula is C19H17N3O2. The molecule has 1 atom stereocenters. The van der Waals surface area contributed by atoms with Gasteiger partial charge in [0, 0.05) is 0 Å². The van der Waals surface area contributed by atoms with Crippen LogP contribution in [0.15, 0.2) is 54.6 Å². The van der Waals surface area contributed by atoms with Crippen LogP contribution in [0.1, 0.15) is 23.1 Å². The van der Waals surface area contributed by atoms with Crippen LogP contribution in [0.3, 0.4) is 0 Å². The summed E-state index contributed by atoms with van der Waals surface area (Å²) in [6.07, 6.45) is 1.32. The highest BCUT2D eigenvalue weighted by atomic mass is 16.2. The molecule has 1 aliphatic rings. The quantitative estimate of drug-likeness (QED) is 0.861. The monoisotopic (exact) mass is 319 g/mol. The highest BCUT2D eigenvalue weighted by Crippen LogP contribution is 2.16. The molecular weight excluding hydrogens is 302 g/mol. The second-order valence-corrected chi connectivity index (χ2v) is 5.76. The Bertz CT molecular complexity index is 779. The second kappa shape index (κ2) is 6.97. The maximum absolute atomic E-state index is 12.5. The van der Waals surface area contributed by atoms with E-state index in [0.29, 0.717) is 12.0 Å². The van der Waals surface area contributed by atoms with Gasteiger partial charge in [-0.25, -0.2) is 4.79 Å². The molecule has 0 aliphatic carbocycles. The summed E-state index contributed by atoms with van der Waals surface area (Å²) in [6.45, 7) is 0.220.